The SMILES string of the molecule is Cc1cc([N+](=O)[O-])cn(CC(=O)Nc2ccc(S(N)(=O)=O)cc2)c1=O. The highest BCUT2D eigenvalue weighted by atomic mass is 32.2. The number of carbonyl (C=O) groups is 1. The van der Waals surface area contributed by atoms with E-state index in [1.54, 1.807) is 0 Å². The molecule has 0 unspecified atom stereocenters. The third kappa shape index (κ3) is 4.49. The van der Waals surface area contributed by atoms with Gasteiger partial charge in [-0.25, -0.2) is 13.6 Å². The summed E-state index contributed by atoms with van der Waals surface area (Å²) in [6.45, 7) is 0.980. The Balaban J connectivity index is 2.18. The molecule has 1 heterocycles. The van der Waals surface area contributed by atoms with Gasteiger partial charge in [0.2, 0.25) is 15.9 Å². The molecule has 0 aliphatic heterocycles. The average Bonchev–Trinajstić information content (AvgIpc) is 2.51. The summed E-state index contributed by atoms with van der Waals surface area (Å²) in [6.07, 6.45) is 0.985. The molecule has 2 aromatic rings. The Bertz CT molecular complexity index is 995. The molecule has 0 atom stereocenters. The first-order chi connectivity index (χ1) is 11.6. The Labute approximate surface area is 142 Å². The number of anilines is 1. The zero-order chi connectivity index (χ0) is 18.8. The van der Waals surface area contributed by atoms with Gasteiger partial charge in [-0.2, -0.15) is 0 Å². The van der Waals surface area contributed by atoms with Crippen LogP contribution in [0.4, 0.5) is 11.4 Å². The summed E-state index contributed by atoms with van der Waals surface area (Å²) < 4.78 is 23.3. The molecule has 1 aromatic carbocycles. The van der Waals surface area contributed by atoms with Crippen LogP contribution in [0.1, 0.15) is 5.56 Å². The van der Waals surface area contributed by atoms with Crippen molar-refractivity contribution in [2.45, 2.75) is 18.4 Å². The molecule has 0 saturated carbocycles. The number of primary sulfonamides is 1. The lowest BCUT2D eigenvalue weighted by Gasteiger charge is -2.08. The van der Waals surface area contributed by atoms with E-state index >= 15 is 0 Å². The van der Waals surface area contributed by atoms with Crippen molar-refractivity contribution >= 4 is 27.3 Å². The molecule has 0 saturated heterocycles. The van der Waals surface area contributed by atoms with Crippen LogP contribution < -0.4 is 16.0 Å². The van der Waals surface area contributed by atoms with Crippen LogP contribution >= 0.6 is 0 Å². The van der Waals surface area contributed by atoms with Crippen molar-refractivity contribution in [1.29, 1.82) is 0 Å². The third-order valence-corrected chi connectivity index (χ3v) is 4.17. The first-order valence-electron chi connectivity index (χ1n) is 6.86. The van der Waals surface area contributed by atoms with E-state index in [4.69, 9.17) is 5.14 Å². The predicted molar refractivity (Wildman–Crippen MR) is 88.5 cm³/mol. The van der Waals surface area contributed by atoms with E-state index in [-0.39, 0.29) is 21.8 Å². The number of aryl methyl sites for hydroxylation is 1. The lowest BCUT2D eigenvalue weighted by atomic mass is 10.3. The van der Waals surface area contributed by atoms with Gasteiger partial charge in [0.1, 0.15) is 6.54 Å². The first-order valence-corrected chi connectivity index (χ1v) is 8.41. The van der Waals surface area contributed by atoms with E-state index in [1.165, 1.54) is 31.2 Å². The number of amides is 1. The maximum atomic E-state index is 12.0. The molecule has 2 rings (SSSR count). The van der Waals surface area contributed by atoms with Gasteiger partial charge in [-0.15, -0.1) is 0 Å². The van der Waals surface area contributed by atoms with Crippen LogP contribution in [0, 0.1) is 17.0 Å². The second kappa shape index (κ2) is 6.83. The van der Waals surface area contributed by atoms with E-state index in [9.17, 15) is 28.1 Å². The summed E-state index contributed by atoms with van der Waals surface area (Å²) in [7, 11) is -3.84. The van der Waals surface area contributed by atoms with Crippen LogP contribution in [0.2, 0.25) is 0 Å². The van der Waals surface area contributed by atoms with Gasteiger partial charge in [0.05, 0.1) is 16.0 Å². The average molecular weight is 366 g/mol. The Morgan fingerprint density at radius 2 is 1.92 bits per heavy atom. The zero-order valence-corrected chi connectivity index (χ0v) is 13.8. The monoisotopic (exact) mass is 366 g/mol. The molecule has 3 N–H and O–H groups in total. The van der Waals surface area contributed by atoms with Gasteiger partial charge in [-0.3, -0.25) is 24.3 Å². The molecule has 0 bridgehead atoms. The fourth-order valence-corrected chi connectivity index (χ4v) is 2.58. The summed E-state index contributed by atoms with van der Waals surface area (Å²) in [4.78, 5) is 34.1. The molecular formula is C14H14N4O6S. The third-order valence-electron chi connectivity index (χ3n) is 3.24. The number of hydrogen-bond donors (Lipinski definition) is 2. The number of aromatic nitrogens is 1. The Hall–Kier alpha value is -3.05. The number of pyridine rings is 1. The van der Waals surface area contributed by atoms with Crippen molar-refractivity contribution in [3.05, 3.63) is 62.6 Å². The molecule has 0 spiro atoms. The summed E-state index contributed by atoms with van der Waals surface area (Å²) in [5.41, 5.74) is -0.403. The second-order valence-corrected chi connectivity index (χ2v) is 6.75. The number of sulfonamides is 1. The fourth-order valence-electron chi connectivity index (χ4n) is 2.07. The molecule has 0 aliphatic carbocycles. The highest BCUT2D eigenvalue weighted by Gasteiger charge is 2.14. The van der Waals surface area contributed by atoms with Crippen LogP contribution in [0.3, 0.4) is 0 Å². The van der Waals surface area contributed by atoms with Gasteiger partial charge in [-0.05, 0) is 31.2 Å². The first kappa shape index (κ1) is 18.3. The summed E-state index contributed by atoms with van der Waals surface area (Å²) >= 11 is 0. The molecule has 25 heavy (non-hydrogen) atoms. The number of nitrogens with zero attached hydrogens (tertiary/aromatic N) is 2. The standard InChI is InChI=1S/C14H14N4O6S/c1-9-6-11(18(21)22)7-17(14(9)20)8-13(19)16-10-2-4-12(5-3-10)25(15,23)24/h2-7H,8H2,1H3,(H,16,19)(H2,15,23,24). The smallest absolute Gasteiger partial charge is 0.286 e. The minimum Gasteiger partial charge on any atom is -0.325 e. The summed E-state index contributed by atoms with van der Waals surface area (Å²) in [6, 6.07) is 6.23. The molecule has 132 valence electrons. The zero-order valence-electron chi connectivity index (χ0n) is 13.0. The maximum Gasteiger partial charge on any atom is 0.286 e. The van der Waals surface area contributed by atoms with Crippen LogP contribution in [0.5, 0.6) is 0 Å². The van der Waals surface area contributed by atoms with Gasteiger partial charge in [0, 0.05) is 17.3 Å². The Kier molecular flexibility index (Phi) is 4.99. The minimum absolute atomic E-state index is 0.115. The van der Waals surface area contributed by atoms with Crippen molar-refractivity contribution in [3.63, 3.8) is 0 Å². The topological polar surface area (TPSA) is 154 Å². The molecule has 1 aromatic heterocycles. The molecule has 1 amide bonds. The normalized spacial score (nSPS) is 11.1. The lowest BCUT2D eigenvalue weighted by Crippen LogP contribution is -2.28. The van der Waals surface area contributed by atoms with E-state index in [1.807, 2.05) is 0 Å². The number of nitrogens with two attached hydrogens (primary N) is 1. The van der Waals surface area contributed by atoms with E-state index in [0.29, 0.717) is 0 Å². The molecular weight excluding hydrogens is 352 g/mol. The maximum absolute atomic E-state index is 12.0. The van der Waals surface area contributed by atoms with Crippen LogP contribution in [0.25, 0.3) is 0 Å². The van der Waals surface area contributed by atoms with Crippen molar-refractivity contribution in [1.82, 2.24) is 4.57 Å². The van der Waals surface area contributed by atoms with Crippen LogP contribution in [-0.2, 0) is 21.4 Å². The largest absolute Gasteiger partial charge is 0.325 e. The second-order valence-electron chi connectivity index (χ2n) is 5.19. The number of hydrogen-bond acceptors (Lipinski definition) is 6. The Morgan fingerprint density at radius 3 is 2.44 bits per heavy atom. The molecule has 0 aliphatic rings. The van der Waals surface area contributed by atoms with Crippen molar-refractivity contribution in [2.75, 3.05) is 5.32 Å². The highest BCUT2D eigenvalue weighted by Crippen LogP contribution is 2.13. The number of rotatable bonds is 5. The van der Waals surface area contributed by atoms with Gasteiger partial charge >= 0.3 is 0 Å². The van der Waals surface area contributed by atoms with Crippen molar-refractivity contribution < 1.29 is 18.1 Å². The number of nitro groups is 1. The lowest BCUT2D eigenvalue weighted by molar-refractivity contribution is -0.385. The number of carbonyl (C=O) groups excluding carboxylic acids is 1. The Morgan fingerprint density at radius 1 is 1.32 bits per heavy atom. The van der Waals surface area contributed by atoms with Gasteiger partial charge in [0.25, 0.3) is 11.2 Å². The summed E-state index contributed by atoms with van der Waals surface area (Å²) in [5, 5.41) is 18.3. The van der Waals surface area contributed by atoms with Crippen LogP contribution in [-0.4, -0.2) is 23.8 Å². The minimum atomic E-state index is -3.84. The quantitative estimate of drug-likeness (QED) is 0.575. The fraction of sp³-hybridized carbons (Fsp3) is 0.143. The number of nitrogens with one attached hydrogen (secondary N) is 1. The van der Waals surface area contributed by atoms with Gasteiger partial charge in [-0.1, -0.05) is 0 Å². The van der Waals surface area contributed by atoms with E-state index < -0.39 is 33.0 Å². The molecule has 0 radical (unpaired) electrons. The van der Waals surface area contributed by atoms with Crippen molar-refractivity contribution in [2.24, 2.45) is 5.14 Å². The molecule has 0 fully saturated rings. The molecule has 10 nitrogen and oxygen atoms in total. The predicted octanol–water partition coefficient (Wildman–Crippen LogP) is 0.351. The number of benzene rings is 1. The van der Waals surface area contributed by atoms with Gasteiger partial charge < -0.3 is 5.32 Å². The van der Waals surface area contributed by atoms with Crippen molar-refractivity contribution in [3.8, 4) is 0 Å². The highest BCUT2D eigenvalue weighted by molar-refractivity contribution is 7.89. The summed E-state index contributed by atoms with van der Waals surface area (Å²) in [5.74, 6) is -0.606. The molecule has 11 heteroatoms. The van der Waals surface area contributed by atoms with Gasteiger partial charge in [0.15, 0.2) is 0 Å². The van der Waals surface area contributed by atoms with E-state index in [0.717, 1.165) is 16.8 Å². The van der Waals surface area contributed by atoms with E-state index in [2.05, 4.69) is 5.32 Å². The van der Waals surface area contributed by atoms with Crippen LogP contribution in [0.15, 0.2) is 46.2 Å².